The van der Waals surface area contributed by atoms with Gasteiger partial charge in [0.1, 0.15) is 5.56 Å². The quantitative estimate of drug-likeness (QED) is 0.914. The van der Waals surface area contributed by atoms with Crippen LogP contribution in [0.1, 0.15) is 28.5 Å². The third kappa shape index (κ3) is 2.69. The van der Waals surface area contributed by atoms with Gasteiger partial charge < -0.3 is 5.11 Å². The summed E-state index contributed by atoms with van der Waals surface area (Å²) in [6.45, 7) is 1.63. The van der Waals surface area contributed by atoms with Crippen molar-refractivity contribution in [3.05, 3.63) is 51.4 Å². The number of aromatic nitrogens is 2. The number of nitrogens with zero attached hydrogens (tertiary/aromatic N) is 1. The van der Waals surface area contributed by atoms with E-state index in [0.29, 0.717) is 0 Å². The summed E-state index contributed by atoms with van der Waals surface area (Å²) in [5.74, 6) is -1.42. The lowest BCUT2D eigenvalue weighted by molar-refractivity contribution is -0.137. The Morgan fingerprint density at radius 1 is 1.38 bits per heavy atom. The van der Waals surface area contributed by atoms with Gasteiger partial charge in [-0.15, -0.1) is 0 Å². The van der Waals surface area contributed by atoms with E-state index < -0.39 is 28.8 Å². The van der Waals surface area contributed by atoms with Gasteiger partial charge in [-0.1, -0.05) is 13.0 Å². The van der Waals surface area contributed by atoms with Crippen LogP contribution in [0.3, 0.4) is 0 Å². The standard InChI is InChI=1S/C13H11F3N2O3/c1-2-9-10(12(20)21)11(19)18(17-9)8-5-3-4-7(6-8)13(14,15)16/h3-6,17H,2H2,1H3,(H,20,21). The van der Waals surface area contributed by atoms with Crippen LogP contribution in [-0.2, 0) is 12.6 Å². The Kier molecular flexibility index (Phi) is 3.63. The number of hydrogen-bond acceptors (Lipinski definition) is 2. The molecule has 0 fully saturated rings. The highest BCUT2D eigenvalue weighted by molar-refractivity contribution is 5.88. The van der Waals surface area contributed by atoms with Gasteiger partial charge in [0.05, 0.1) is 16.9 Å². The monoisotopic (exact) mass is 300 g/mol. The van der Waals surface area contributed by atoms with E-state index in [1.807, 2.05) is 0 Å². The Morgan fingerprint density at radius 3 is 2.52 bits per heavy atom. The highest BCUT2D eigenvalue weighted by Gasteiger charge is 2.31. The van der Waals surface area contributed by atoms with Crippen LogP contribution in [0, 0.1) is 0 Å². The minimum atomic E-state index is -4.55. The number of H-pyrrole nitrogens is 1. The average molecular weight is 300 g/mol. The predicted molar refractivity (Wildman–Crippen MR) is 67.7 cm³/mol. The fourth-order valence-electron chi connectivity index (χ4n) is 1.96. The Labute approximate surface area is 116 Å². The maximum Gasteiger partial charge on any atom is 0.416 e. The largest absolute Gasteiger partial charge is 0.477 e. The molecule has 8 heteroatoms. The summed E-state index contributed by atoms with van der Waals surface area (Å²) in [5, 5.41) is 11.5. The van der Waals surface area contributed by atoms with Crippen LogP contribution in [0.15, 0.2) is 29.1 Å². The van der Waals surface area contributed by atoms with Crippen LogP contribution in [-0.4, -0.2) is 20.9 Å². The van der Waals surface area contributed by atoms with Gasteiger partial charge in [-0.3, -0.25) is 9.89 Å². The molecule has 0 amide bonds. The lowest BCUT2D eigenvalue weighted by Gasteiger charge is -2.08. The number of aromatic amines is 1. The van der Waals surface area contributed by atoms with Crippen LogP contribution < -0.4 is 5.56 Å². The van der Waals surface area contributed by atoms with Crippen molar-refractivity contribution >= 4 is 5.97 Å². The molecule has 1 aromatic heterocycles. The Hall–Kier alpha value is -2.51. The summed E-state index contributed by atoms with van der Waals surface area (Å²) in [7, 11) is 0. The van der Waals surface area contributed by atoms with Crippen LogP contribution in [0.2, 0.25) is 0 Å². The highest BCUT2D eigenvalue weighted by atomic mass is 19.4. The number of carbonyl (C=O) groups is 1. The molecule has 21 heavy (non-hydrogen) atoms. The van der Waals surface area contributed by atoms with Crippen molar-refractivity contribution in [2.24, 2.45) is 0 Å². The number of alkyl halides is 3. The van der Waals surface area contributed by atoms with Crippen LogP contribution in [0.4, 0.5) is 13.2 Å². The molecule has 2 rings (SSSR count). The minimum Gasteiger partial charge on any atom is -0.477 e. The maximum atomic E-state index is 12.7. The van der Waals surface area contributed by atoms with E-state index >= 15 is 0 Å². The number of halogens is 3. The lowest BCUT2D eigenvalue weighted by Crippen LogP contribution is -2.20. The van der Waals surface area contributed by atoms with Crippen LogP contribution >= 0.6 is 0 Å². The number of aromatic carboxylic acids is 1. The van der Waals surface area contributed by atoms with E-state index in [1.54, 1.807) is 6.92 Å². The van der Waals surface area contributed by atoms with Gasteiger partial charge in [0.25, 0.3) is 5.56 Å². The van der Waals surface area contributed by atoms with E-state index in [-0.39, 0.29) is 17.8 Å². The van der Waals surface area contributed by atoms with Crippen LogP contribution in [0.25, 0.3) is 5.69 Å². The van der Waals surface area contributed by atoms with Gasteiger partial charge in [-0.05, 0) is 24.6 Å². The van der Waals surface area contributed by atoms with Gasteiger partial charge in [-0.25, -0.2) is 9.48 Å². The first-order valence-electron chi connectivity index (χ1n) is 6.00. The summed E-state index contributed by atoms with van der Waals surface area (Å²) >= 11 is 0. The van der Waals surface area contributed by atoms with Crippen molar-refractivity contribution in [3.63, 3.8) is 0 Å². The number of carboxylic acids is 1. The zero-order valence-electron chi connectivity index (χ0n) is 10.9. The van der Waals surface area contributed by atoms with Crippen LogP contribution in [0.5, 0.6) is 0 Å². The molecule has 0 spiro atoms. The Morgan fingerprint density at radius 2 is 2.05 bits per heavy atom. The topological polar surface area (TPSA) is 75.1 Å². The van der Waals surface area contributed by atoms with E-state index in [9.17, 15) is 22.8 Å². The first kappa shape index (κ1) is 14.9. The number of aryl methyl sites for hydroxylation is 1. The molecule has 0 unspecified atom stereocenters. The maximum absolute atomic E-state index is 12.7. The summed E-state index contributed by atoms with van der Waals surface area (Å²) in [6, 6.07) is 4.09. The van der Waals surface area contributed by atoms with E-state index in [1.165, 1.54) is 6.07 Å². The normalized spacial score (nSPS) is 11.6. The lowest BCUT2D eigenvalue weighted by atomic mass is 10.2. The number of rotatable bonds is 3. The smallest absolute Gasteiger partial charge is 0.416 e. The van der Waals surface area contributed by atoms with Gasteiger partial charge >= 0.3 is 12.1 Å². The van der Waals surface area contributed by atoms with Gasteiger partial charge in [-0.2, -0.15) is 13.2 Å². The molecule has 0 aliphatic carbocycles. The Balaban J connectivity index is 2.63. The van der Waals surface area contributed by atoms with E-state index in [2.05, 4.69) is 5.10 Å². The first-order chi connectivity index (χ1) is 9.75. The zero-order valence-corrected chi connectivity index (χ0v) is 10.9. The Bertz CT molecular complexity index is 744. The molecule has 112 valence electrons. The highest BCUT2D eigenvalue weighted by Crippen LogP contribution is 2.30. The summed E-state index contributed by atoms with van der Waals surface area (Å²) in [6.07, 6.45) is -4.31. The van der Waals surface area contributed by atoms with Gasteiger partial charge in [0.15, 0.2) is 0 Å². The second kappa shape index (κ2) is 5.12. The molecule has 2 aromatic rings. The number of carboxylic acid groups (broad SMARTS) is 1. The van der Waals surface area contributed by atoms with Crippen molar-refractivity contribution < 1.29 is 23.1 Å². The fourth-order valence-corrected chi connectivity index (χ4v) is 1.96. The van der Waals surface area contributed by atoms with Crippen molar-refractivity contribution in [3.8, 4) is 5.69 Å². The molecule has 0 aliphatic heterocycles. The molecule has 0 atom stereocenters. The molecule has 1 aromatic carbocycles. The third-order valence-corrected chi connectivity index (χ3v) is 2.96. The average Bonchev–Trinajstić information content (AvgIpc) is 2.75. The molecular weight excluding hydrogens is 289 g/mol. The van der Waals surface area contributed by atoms with Crippen molar-refractivity contribution in [2.45, 2.75) is 19.5 Å². The molecular formula is C13H11F3N2O3. The number of hydrogen-bond donors (Lipinski definition) is 2. The third-order valence-electron chi connectivity index (χ3n) is 2.96. The molecule has 0 radical (unpaired) electrons. The fraction of sp³-hybridized carbons (Fsp3) is 0.231. The first-order valence-corrected chi connectivity index (χ1v) is 6.00. The summed E-state index contributed by atoms with van der Waals surface area (Å²) < 4.78 is 38.8. The molecule has 0 saturated heterocycles. The predicted octanol–water partition coefficient (Wildman–Crippen LogP) is 2.45. The SMILES string of the molecule is CCc1[nH]n(-c2cccc(C(F)(F)F)c2)c(=O)c1C(=O)O. The van der Waals surface area contributed by atoms with Crippen molar-refractivity contribution in [1.29, 1.82) is 0 Å². The van der Waals surface area contributed by atoms with Crippen molar-refractivity contribution in [2.75, 3.05) is 0 Å². The minimum absolute atomic E-state index is 0.0722. The van der Waals surface area contributed by atoms with Gasteiger partial charge in [0.2, 0.25) is 0 Å². The second-order valence-corrected chi connectivity index (χ2v) is 4.31. The summed E-state index contributed by atoms with van der Waals surface area (Å²) in [4.78, 5) is 23.1. The molecule has 2 N–H and O–H groups in total. The van der Waals surface area contributed by atoms with E-state index in [4.69, 9.17) is 5.11 Å². The molecule has 0 bridgehead atoms. The second-order valence-electron chi connectivity index (χ2n) is 4.31. The summed E-state index contributed by atoms with van der Waals surface area (Å²) in [5.41, 5.74) is -2.19. The van der Waals surface area contributed by atoms with E-state index in [0.717, 1.165) is 22.9 Å². The van der Waals surface area contributed by atoms with Crippen molar-refractivity contribution in [1.82, 2.24) is 9.78 Å². The zero-order chi connectivity index (χ0) is 15.8. The number of benzene rings is 1. The number of nitrogens with one attached hydrogen (secondary N) is 1. The molecule has 1 heterocycles. The van der Waals surface area contributed by atoms with Gasteiger partial charge in [0, 0.05) is 0 Å². The molecule has 5 nitrogen and oxygen atoms in total. The molecule has 0 aliphatic rings. The molecule has 0 saturated carbocycles.